The van der Waals surface area contributed by atoms with Gasteiger partial charge in [-0.1, -0.05) is 46.5 Å². The van der Waals surface area contributed by atoms with Gasteiger partial charge in [0.05, 0.1) is 6.10 Å². The van der Waals surface area contributed by atoms with E-state index in [2.05, 4.69) is 20.8 Å². The van der Waals surface area contributed by atoms with E-state index < -0.39 is 0 Å². The Labute approximate surface area is 138 Å². The van der Waals surface area contributed by atoms with Crippen LogP contribution in [0, 0.1) is 11.8 Å². The Morgan fingerprint density at radius 3 is 2.05 bits per heavy atom. The number of unbranched alkanes of at least 4 members (excludes halogenated alkanes) is 4. The van der Waals surface area contributed by atoms with Crippen molar-refractivity contribution >= 4 is 0 Å². The number of hydrogen-bond acceptors (Lipinski definition) is 3. The molecule has 0 fully saturated rings. The highest BCUT2D eigenvalue weighted by Gasteiger charge is 2.10. The summed E-state index contributed by atoms with van der Waals surface area (Å²) in [6.45, 7) is 10.7. The van der Waals surface area contributed by atoms with Gasteiger partial charge in [-0.15, -0.1) is 0 Å². The SMILES string of the molecule is CCCCCCCOCOCCCC(C)CC(C)CC(C)O. The molecule has 0 aliphatic rings. The summed E-state index contributed by atoms with van der Waals surface area (Å²) in [4.78, 5) is 0. The lowest BCUT2D eigenvalue weighted by molar-refractivity contribution is -0.0561. The van der Waals surface area contributed by atoms with Gasteiger partial charge in [-0.05, 0) is 50.9 Å². The average Bonchev–Trinajstić information content (AvgIpc) is 2.43. The second-order valence-electron chi connectivity index (χ2n) is 7.02. The van der Waals surface area contributed by atoms with Crippen LogP contribution in [-0.2, 0) is 9.47 Å². The summed E-state index contributed by atoms with van der Waals surface area (Å²) in [5, 5.41) is 9.38. The summed E-state index contributed by atoms with van der Waals surface area (Å²) >= 11 is 0. The van der Waals surface area contributed by atoms with E-state index in [1.807, 2.05) is 6.92 Å². The minimum absolute atomic E-state index is 0.176. The zero-order valence-corrected chi connectivity index (χ0v) is 15.5. The molecule has 1 N–H and O–H groups in total. The van der Waals surface area contributed by atoms with Crippen LogP contribution in [0.1, 0.15) is 85.5 Å². The van der Waals surface area contributed by atoms with Gasteiger partial charge < -0.3 is 14.6 Å². The quantitative estimate of drug-likeness (QED) is 0.316. The molecule has 0 heterocycles. The maximum Gasteiger partial charge on any atom is 0.146 e. The number of rotatable bonds is 16. The molecule has 0 aromatic rings. The molecule has 3 nitrogen and oxygen atoms in total. The standard InChI is InChI=1S/C19H40O3/c1-5-6-7-8-9-12-21-16-22-13-10-11-17(2)14-18(3)15-19(4)20/h17-20H,5-16H2,1-4H3. The van der Waals surface area contributed by atoms with Gasteiger partial charge in [-0.25, -0.2) is 0 Å². The molecule has 0 saturated carbocycles. The Morgan fingerprint density at radius 1 is 0.773 bits per heavy atom. The van der Waals surface area contributed by atoms with Gasteiger partial charge in [0.1, 0.15) is 6.79 Å². The smallest absolute Gasteiger partial charge is 0.146 e. The summed E-state index contributed by atoms with van der Waals surface area (Å²) in [5.41, 5.74) is 0. The van der Waals surface area contributed by atoms with Crippen molar-refractivity contribution in [2.24, 2.45) is 11.8 Å². The van der Waals surface area contributed by atoms with Crippen molar-refractivity contribution in [3.63, 3.8) is 0 Å². The first-order chi connectivity index (χ1) is 10.6. The third kappa shape index (κ3) is 16.3. The van der Waals surface area contributed by atoms with E-state index in [1.165, 1.54) is 38.5 Å². The first-order valence-electron chi connectivity index (χ1n) is 9.39. The molecule has 22 heavy (non-hydrogen) atoms. The van der Waals surface area contributed by atoms with E-state index >= 15 is 0 Å². The van der Waals surface area contributed by atoms with Crippen LogP contribution in [0.5, 0.6) is 0 Å². The fourth-order valence-corrected chi connectivity index (χ4v) is 3.00. The molecule has 0 aromatic carbocycles. The van der Waals surface area contributed by atoms with Gasteiger partial charge in [0, 0.05) is 13.2 Å². The van der Waals surface area contributed by atoms with Crippen LogP contribution in [-0.4, -0.2) is 31.2 Å². The van der Waals surface area contributed by atoms with Crippen LogP contribution in [0.2, 0.25) is 0 Å². The molecule has 0 amide bonds. The van der Waals surface area contributed by atoms with Crippen molar-refractivity contribution in [3.05, 3.63) is 0 Å². The van der Waals surface area contributed by atoms with Crippen LogP contribution in [0.4, 0.5) is 0 Å². The topological polar surface area (TPSA) is 38.7 Å². The molecule has 3 unspecified atom stereocenters. The fraction of sp³-hybridized carbons (Fsp3) is 1.00. The molecule has 3 atom stereocenters. The Kier molecular flexibility index (Phi) is 15.7. The molecule has 0 saturated heterocycles. The molecule has 0 aliphatic heterocycles. The molecular weight excluding hydrogens is 276 g/mol. The second-order valence-corrected chi connectivity index (χ2v) is 7.02. The lowest BCUT2D eigenvalue weighted by Crippen LogP contribution is -2.11. The molecule has 0 bridgehead atoms. The maximum atomic E-state index is 9.38. The van der Waals surface area contributed by atoms with Crippen molar-refractivity contribution in [2.75, 3.05) is 20.0 Å². The zero-order chi connectivity index (χ0) is 16.6. The number of aliphatic hydroxyl groups is 1. The van der Waals surface area contributed by atoms with Crippen LogP contribution in [0.25, 0.3) is 0 Å². The van der Waals surface area contributed by atoms with E-state index in [0.717, 1.165) is 32.5 Å². The van der Waals surface area contributed by atoms with E-state index in [4.69, 9.17) is 9.47 Å². The molecular formula is C19H40O3. The van der Waals surface area contributed by atoms with E-state index in [9.17, 15) is 5.11 Å². The van der Waals surface area contributed by atoms with Crippen LogP contribution in [0.15, 0.2) is 0 Å². The Hall–Kier alpha value is -0.120. The molecule has 0 aromatic heterocycles. The number of hydrogen-bond donors (Lipinski definition) is 1. The predicted molar refractivity (Wildman–Crippen MR) is 94.0 cm³/mol. The van der Waals surface area contributed by atoms with Crippen molar-refractivity contribution < 1.29 is 14.6 Å². The fourth-order valence-electron chi connectivity index (χ4n) is 3.00. The minimum Gasteiger partial charge on any atom is -0.393 e. The minimum atomic E-state index is -0.176. The third-order valence-corrected chi connectivity index (χ3v) is 4.09. The summed E-state index contributed by atoms with van der Waals surface area (Å²) in [5.74, 6) is 1.31. The highest BCUT2D eigenvalue weighted by Crippen LogP contribution is 2.20. The van der Waals surface area contributed by atoms with Crippen LogP contribution < -0.4 is 0 Å². The van der Waals surface area contributed by atoms with E-state index in [1.54, 1.807) is 0 Å². The van der Waals surface area contributed by atoms with Crippen molar-refractivity contribution in [3.8, 4) is 0 Å². The van der Waals surface area contributed by atoms with E-state index in [-0.39, 0.29) is 6.10 Å². The number of ether oxygens (including phenoxy) is 2. The number of aliphatic hydroxyl groups excluding tert-OH is 1. The molecule has 134 valence electrons. The van der Waals surface area contributed by atoms with Crippen molar-refractivity contribution in [1.82, 2.24) is 0 Å². The van der Waals surface area contributed by atoms with Gasteiger partial charge >= 0.3 is 0 Å². The highest BCUT2D eigenvalue weighted by atomic mass is 16.7. The first-order valence-corrected chi connectivity index (χ1v) is 9.39. The molecule has 0 spiro atoms. The Morgan fingerprint density at radius 2 is 1.41 bits per heavy atom. The monoisotopic (exact) mass is 316 g/mol. The molecule has 0 radical (unpaired) electrons. The van der Waals surface area contributed by atoms with Gasteiger partial charge in [-0.2, -0.15) is 0 Å². The highest BCUT2D eigenvalue weighted by molar-refractivity contribution is 4.62. The first kappa shape index (κ1) is 21.9. The zero-order valence-electron chi connectivity index (χ0n) is 15.5. The average molecular weight is 317 g/mol. The summed E-state index contributed by atoms with van der Waals surface area (Å²) in [6, 6.07) is 0. The summed E-state index contributed by atoms with van der Waals surface area (Å²) in [6.07, 6.45) is 10.6. The second kappa shape index (κ2) is 15.8. The maximum absolute atomic E-state index is 9.38. The molecule has 0 rings (SSSR count). The predicted octanol–water partition coefficient (Wildman–Crippen LogP) is 5.16. The summed E-state index contributed by atoms with van der Waals surface area (Å²) in [7, 11) is 0. The Balaban J connectivity index is 3.25. The Bertz CT molecular complexity index is 219. The van der Waals surface area contributed by atoms with Gasteiger partial charge in [0.2, 0.25) is 0 Å². The largest absolute Gasteiger partial charge is 0.393 e. The van der Waals surface area contributed by atoms with Crippen molar-refractivity contribution in [1.29, 1.82) is 0 Å². The lowest BCUT2D eigenvalue weighted by atomic mass is 9.90. The van der Waals surface area contributed by atoms with Gasteiger partial charge in [-0.3, -0.25) is 0 Å². The van der Waals surface area contributed by atoms with Crippen LogP contribution >= 0.6 is 0 Å². The van der Waals surface area contributed by atoms with Gasteiger partial charge in [0.15, 0.2) is 0 Å². The third-order valence-electron chi connectivity index (χ3n) is 4.09. The molecule has 3 heteroatoms. The van der Waals surface area contributed by atoms with E-state index in [0.29, 0.717) is 18.6 Å². The van der Waals surface area contributed by atoms with Crippen molar-refractivity contribution in [2.45, 2.75) is 91.6 Å². The van der Waals surface area contributed by atoms with Crippen LogP contribution in [0.3, 0.4) is 0 Å². The normalized spacial score (nSPS) is 15.7. The van der Waals surface area contributed by atoms with Gasteiger partial charge in [0.25, 0.3) is 0 Å². The lowest BCUT2D eigenvalue weighted by Gasteiger charge is -2.18. The molecule has 0 aliphatic carbocycles. The summed E-state index contributed by atoms with van der Waals surface area (Å²) < 4.78 is 11.0.